The van der Waals surface area contributed by atoms with Crippen LogP contribution in [0.1, 0.15) is 22.5 Å². The highest BCUT2D eigenvalue weighted by atomic mass is 19.1. The molecule has 8 heteroatoms. The van der Waals surface area contributed by atoms with Crippen molar-refractivity contribution in [2.24, 2.45) is 7.05 Å². The van der Waals surface area contributed by atoms with Crippen molar-refractivity contribution in [3.05, 3.63) is 47.8 Å². The molecule has 2 amide bonds. The van der Waals surface area contributed by atoms with E-state index in [0.717, 1.165) is 12.6 Å². The predicted octanol–water partition coefficient (Wildman–Crippen LogP) is 0.624. The lowest BCUT2D eigenvalue weighted by atomic mass is 9.77. The zero-order chi connectivity index (χ0) is 17.6. The molecule has 0 radical (unpaired) electrons. The van der Waals surface area contributed by atoms with Crippen LogP contribution in [0.4, 0.5) is 4.39 Å². The fourth-order valence-electron chi connectivity index (χ4n) is 3.49. The predicted molar refractivity (Wildman–Crippen MR) is 86.1 cm³/mol. The number of carbonyl (C=O) groups is 2. The second kappa shape index (κ2) is 5.65. The van der Waals surface area contributed by atoms with E-state index < -0.39 is 5.82 Å². The van der Waals surface area contributed by atoms with Gasteiger partial charge in [0.1, 0.15) is 5.82 Å². The third-order valence-electron chi connectivity index (χ3n) is 5.01. The van der Waals surface area contributed by atoms with Crippen molar-refractivity contribution in [2.75, 3.05) is 19.6 Å². The SMILES string of the molecule is Cn1cc(C(=O)N2CCC23CN(C(=O)Cc2ccc(F)cn2)C3)cn1. The molecule has 0 unspecified atom stereocenters. The fraction of sp³-hybridized carbons (Fsp3) is 0.412. The summed E-state index contributed by atoms with van der Waals surface area (Å²) in [5.41, 5.74) is 0.879. The fourth-order valence-corrected chi connectivity index (χ4v) is 3.49. The Balaban J connectivity index is 1.36. The normalized spacial score (nSPS) is 18.0. The van der Waals surface area contributed by atoms with Gasteiger partial charge in [-0.05, 0) is 18.6 Å². The number of rotatable bonds is 3. The minimum atomic E-state index is -0.418. The number of pyridine rings is 1. The van der Waals surface area contributed by atoms with Crippen LogP contribution in [0.15, 0.2) is 30.7 Å². The summed E-state index contributed by atoms with van der Waals surface area (Å²) in [6.07, 6.45) is 5.43. The maximum atomic E-state index is 12.9. The Morgan fingerprint density at radius 2 is 2.08 bits per heavy atom. The first-order chi connectivity index (χ1) is 12.0. The van der Waals surface area contributed by atoms with Crippen LogP contribution in [0.5, 0.6) is 0 Å². The van der Waals surface area contributed by atoms with Gasteiger partial charge in [-0.3, -0.25) is 19.3 Å². The van der Waals surface area contributed by atoms with Gasteiger partial charge in [-0.2, -0.15) is 5.10 Å². The van der Waals surface area contributed by atoms with Gasteiger partial charge in [-0.25, -0.2) is 4.39 Å². The van der Waals surface area contributed by atoms with Gasteiger partial charge in [0.2, 0.25) is 5.91 Å². The molecule has 0 aromatic carbocycles. The smallest absolute Gasteiger partial charge is 0.257 e. The first-order valence-electron chi connectivity index (χ1n) is 8.16. The van der Waals surface area contributed by atoms with E-state index in [0.29, 0.717) is 30.9 Å². The minimum Gasteiger partial charge on any atom is -0.338 e. The summed E-state index contributed by atoms with van der Waals surface area (Å²) in [4.78, 5) is 32.4. The average molecular weight is 343 g/mol. The molecule has 2 aromatic rings. The minimum absolute atomic E-state index is 0.0355. The van der Waals surface area contributed by atoms with Crippen molar-refractivity contribution < 1.29 is 14.0 Å². The molecule has 0 atom stereocenters. The summed E-state index contributed by atoms with van der Waals surface area (Å²) in [5, 5.41) is 4.04. The van der Waals surface area contributed by atoms with Gasteiger partial charge in [0.15, 0.2) is 0 Å². The molecule has 2 fully saturated rings. The monoisotopic (exact) mass is 343 g/mol. The molecule has 0 N–H and O–H groups in total. The first kappa shape index (κ1) is 15.7. The lowest BCUT2D eigenvalue weighted by Crippen LogP contribution is -2.78. The Morgan fingerprint density at radius 1 is 1.28 bits per heavy atom. The number of hydrogen-bond acceptors (Lipinski definition) is 4. The van der Waals surface area contributed by atoms with Gasteiger partial charge in [-0.1, -0.05) is 0 Å². The topological polar surface area (TPSA) is 71.3 Å². The number of nitrogens with zero attached hydrogens (tertiary/aromatic N) is 5. The standard InChI is InChI=1S/C17H18FN5O2/c1-21-9-12(7-20-21)16(25)23-5-4-17(23)10-22(11-17)15(24)6-14-3-2-13(18)8-19-14/h2-3,7-9H,4-6,10-11H2,1H3. The van der Waals surface area contributed by atoms with Crippen molar-refractivity contribution in [1.82, 2.24) is 24.6 Å². The van der Waals surface area contributed by atoms with E-state index in [4.69, 9.17) is 0 Å². The zero-order valence-electron chi connectivity index (χ0n) is 13.9. The van der Waals surface area contributed by atoms with Gasteiger partial charge in [0.25, 0.3) is 5.91 Å². The van der Waals surface area contributed by atoms with E-state index in [1.54, 1.807) is 29.0 Å². The molecule has 0 bridgehead atoms. The molecule has 25 heavy (non-hydrogen) atoms. The molecule has 0 saturated carbocycles. The number of carbonyl (C=O) groups excluding carboxylic acids is 2. The molecule has 4 rings (SSSR count). The van der Waals surface area contributed by atoms with Crippen LogP contribution in [0.25, 0.3) is 0 Å². The van der Waals surface area contributed by atoms with E-state index in [-0.39, 0.29) is 23.8 Å². The highest BCUT2D eigenvalue weighted by molar-refractivity contribution is 5.95. The van der Waals surface area contributed by atoms with Crippen molar-refractivity contribution in [2.45, 2.75) is 18.4 Å². The number of aromatic nitrogens is 3. The third kappa shape index (κ3) is 2.67. The Labute approximate surface area is 144 Å². The second-order valence-corrected chi connectivity index (χ2v) is 6.73. The van der Waals surface area contributed by atoms with Gasteiger partial charge in [0.05, 0.1) is 29.9 Å². The Bertz CT molecular complexity index is 826. The number of likely N-dealkylation sites (tertiary alicyclic amines) is 2. The number of aryl methyl sites for hydroxylation is 1. The molecule has 2 saturated heterocycles. The Morgan fingerprint density at radius 3 is 2.64 bits per heavy atom. The molecule has 130 valence electrons. The summed E-state index contributed by atoms with van der Waals surface area (Å²) in [6, 6.07) is 2.82. The van der Waals surface area contributed by atoms with E-state index in [1.165, 1.54) is 12.1 Å². The summed E-state index contributed by atoms with van der Waals surface area (Å²) in [6.45, 7) is 1.79. The molecule has 2 aliphatic rings. The van der Waals surface area contributed by atoms with Crippen molar-refractivity contribution in [3.8, 4) is 0 Å². The van der Waals surface area contributed by atoms with Gasteiger partial charge >= 0.3 is 0 Å². The van der Waals surface area contributed by atoms with E-state index in [2.05, 4.69) is 10.1 Å². The molecule has 0 aliphatic carbocycles. The maximum Gasteiger partial charge on any atom is 0.257 e. The van der Waals surface area contributed by atoms with Crippen molar-refractivity contribution in [1.29, 1.82) is 0 Å². The summed E-state index contributed by atoms with van der Waals surface area (Å²) in [5.74, 6) is -0.504. The van der Waals surface area contributed by atoms with E-state index in [1.807, 2.05) is 4.90 Å². The molecule has 1 spiro atoms. The van der Waals surface area contributed by atoms with Crippen molar-refractivity contribution >= 4 is 11.8 Å². The van der Waals surface area contributed by atoms with E-state index in [9.17, 15) is 14.0 Å². The average Bonchev–Trinajstić information content (AvgIpc) is 2.94. The summed E-state index contributed by atoms with van der Waals surface area (Å²) in [7, 11) is 1.77. The van der Waals surface area contributed by atoms with Crippen LogP contribution in [-0.4, -0.2) is 61.6 Å². The zero-order valence-corrected chi connectivity index (χ0v) is 13.9. The quantitative estimate of drug-likeness (QED) is 0.819. The van der Waals surface area contributed by atoms with Crippen LogP contribution in [0.2, 0.25) is 0 Å². The lowest BCUT2D eigenvalue weighted by Gasteiger charge is -2.62. The lowest BCUT2D eigenvalue weighted by molar-refractivity contribution is -0.153. The molecule has 2 aliphatic heterocycles. The van der Waals surface area contributed by atoms with Crippen LogP contribution < -0.4 is 0 Å². The second-order valence-electron chi connectivity index (χ2n) is 6.73. The third-order valence-corrected chi connectivity index (χ3v) is 5.01. The van der Waals surface area contributed by atoms with Crippen LogP contribution >= 0.6 is 0 Å². The molecular formula is C17H18FN5O2. The Kier molecular flexibility index (Phi) is 3.55. The molecule has 2 aromatic heterocycles. The Hall–Kier alpha value is -2.77. The van der Waals surface area contributed by atoms with Crippen molar-refractivity contribution in [3.63, 3.8) is 0 Å². The van der Waals surface area contributed by atoms with Crippen LogP contribution in [0.3, 0.4) is 0 Å². The van der Waals surface area contributed by atoms with E-state index >= 15 is 0 Å². The van der Waals surface area contributed by atoms with Gasteiger partial charge in [0, 0.05) is 38.6 Å². The highest BCUT2D eigenvalue weighted by Crippen LogP contribution is 2.40. The highest BCUT2D eigenvalue weighted by Gasteiger charge is 2.56. The van der Waals surface area contributed by atoms with Crippen LogP contribution in [0, 0.1) is 5.82 Å². The number of halogens is 1. The molecular weight excluding hydrogens is 325 g/mol. The van der Waals surface area contributed by atoms with Gasteiger partial charge in [-0.15, -0.1) is 0 Å². The largest absolute Gasteiger partial charge is 0.338 e. The number of amides is 2. The summed E-state index contributed by atoms with van der Waals surface area (Å²) < 4.78 is 14.5. The maximum absolute atomic E-state index is 12.9. The van der Waals surface area contributed by atoms with Gasteiger partial charge < -0.3 is 9.80 Å². The number of hydrogen-bond donors (Lipinski definition) is 0. The molecule has 4 heterocycles. The molecule has 7 nitrogen and oxygen atoms in total. The van der Waals surface area contributed by atoms with Crippen LogP contribution in [-0.2, 0) is 18.3 Å². The first-order valence-corrected chi connectivity index (χ1v) is 8.16. The summed E-state index contributed by atoms with van der Waals surface area (Å²) >= 11 is 0.